The Morgan fingerprint density at radius 3 is 2.71 bits per heavy atom. The summed E-state index contributed by atoms with van der Waals surface area (Å²) in [7, 11) is 0. The number of pyridine rings is 1. The quantitative estimate of drug-likeness (QED) is 0.871. The molecular formula is C19H30N4O. The zero-order valence-corrected chi connectivity index (χ0v) is 14.8. The third-order valence-corrected chi connectivity index (χ3v) is 5.43. The third-order valence-electron chi connectivity index (χ3n) is 5.43. The SMILES string of the molecule is CC(CC(=O)Nc1ccc(N2CCCCC2)cn1)C1CCNCC1. The first-order valence-electron chi connectivity index (χ1n) is 9.44. The Morgan fingerprint density at radius 2 is 2.04 bits per heavy atom. The van der Waals surface area contributed by atoms with Gasteiger partial charge in [-0.1, -0.05) is 6.92 Å². The highest BCUT2D eigenvalue weighted by molar-refractivity contribution is 5.90. The second-order valence-corrected chi connectivity index (χ2v) is 7.27. The summed E-state index contributed by atoms with van der Waals surface area (Å²) in [6.07, 6.45) is 8.67. The van der Waals surface area contributed by atoms with Gasteiger partial charge in [0, 0.05) is 19.5 Å². The summed E-state index contributed by atoms with van der Waals surface area (Å²) in [5.41, 5.74) is 1.16. The minimum absolute atomic E-state index is 0.0826. The summed E-state index contributed by atoms with van der Waals surface area (Å²) in [5.74, 6) is 1.84. The Hall–Kier alpha value is -1.62. The Labute approximate surface area is 145 Å². The van der Waals surface area contributed by atoms with Crippen LogP contribution in [0.3, 0.4) is 0 Å². The summed E-state index contributed by atoms with van der Waals surface area (Å²) in [6.45, 7) is 6.58. The van der Waals surface area contributed by atoms with Crippen molar-refractivity contribution in [2.24, 2.45) is 11.8 Å². The van der Waals surface area contributed by atoms with Gasteiger partial charge in [0.2, 0.25) is 5.91 Å². The molecule has 0 radical (unpaired) electrons. The zero-order valence-electron chi connectivity index (χ0n) is 14.8. The Morgan fingerprint density at radius 1 is 1.29 bits per heavy atom. The van der Waals surface area contributed by atoms with Gasteiger partial charge in [0.1, 0.15) is 5.82 Å². The van der Waals surface area contributed by atoms with Gasteiger partial charge in [0.15, 0.2) is 0 Å². The minimum atomic E-state index is 0.0826. The highest BCUT2D eigenvalue weighted by atomic mass is 16.1. The van der Waals surface area contributed by atoms with E-state index in [1.54, 1.807) is 0 Å². The van der Waals surface area contributed by atoms with Crippen LogP contribution in [0.15, 0.2) is 18.3 Å². The molecule has 132 valence electrons. The minimum Gasteiger partial charge on any atom is -0.370 e. The van der Waals surface area contributed by atoms with Crippen LogP contribution >= 0.6 is 0 Å². The van der Waals surface area contributed by atoms with Crippen LogP contribution in [0.4, 0.5) is 11.5 Å². The number of amides is 1. The van der Waals surface area contributed by atoms with E-state index >= 15 is 0 Å². The Balaban J connectivity index is 1.48. The third kappa shape index (κ3) is 4.69. The van der Waals surface area contributed by atoms with E-state index in [4.69, 9.17) is 0 Å². The van der Waals surface area contributed by atoms with Crippen LogP contribution in [-0.4, -0.2) is 37.1 Å². The first-order valence-corrected chi connectivity index (χ1v) is 9.44. The van der Waals surface area contributed by atoms with Crippen molar-refractivity contribution in [3.8, 4) is 0 Å². The van der Waals surface area contributed by atoms with Gasteiger partial charge < -0.3 is 15.5 Å². The van der Waals surface area contributed by atoms with Crippen molar-refractivity contribution in [2.45, 2.75) is 45.4 Å². The van der Waals surface area contributed by atoms with Gasteiger partial charge >= 0.3 is 0 Å². The fourth-order valence-corrected chi connectivity index (χ4v) is 3.87. The molecule has 1 amide bonds. The summed E-state index contributed by atoms with van der Waals surface area (Å²) in [4.78, 5) is 19.1. The molecule has 5 nitrogen and oxygen atoms in total. The molecule has 1 atom stereocenters. The van der Waals surface area contributed by atoms with E-state index in [0.717, 1.165) is 31.9 Å². The van der Waals surface area contributed by atoms with Crippen LogP contribution in [0, 0.1) is 11.8 Å². The summed E-state index contributed by atoms with van der Waals surface area (Å²) < 4.78 is 0. The van der Waals surface area contributed by atoms with Gasteiger partial charge in [-0.15, -0.1) is 0 Å². The van der Waals surface area contributed by atoms with Crippen molar-refractivity contribution in [3.63, 3.8) is 0 Å². The molecule has 1 aromatic rings. The number of carbonyl (C=O) groups is 1. The van der Waals surface area contributed by atoms with Gasteiger partial charge in [0.05, 0.1) is 11.9 Å². The van der Waals surface area contributed by atoms with E-state index in [0.29, 0.717) is 24.1 Å². The van der Waals surface area contributed by atoms with E-state index in [1.165, 1.54) is 32.1 Å². The van der Waals surface area contributed by atoms with Crippen LogP contribution in [0.5, 0.6) is 0 Å². The van der Waals surface area contributed by atoms with Gasteiger partial charge in [-0.05, 0) is 69.2 Å². The molecule has 2 aliphatic rings. The molecule has 5 heteroatoms. The van der Waals surface area contributed by atoms with E-state index < -0.39 is 0 Å². The molecule has 3 heterocycles. The molecule has 0 aromatic carbocycles. The lowest BCUT2D eigenvalue weighted by atomic mass is 9.84. The smallest absolute Gasteiger partial charge is 0.225 e. The number of carbonyl (C=O) groups excluding carboxylic acids is 1. The topological polar surface area (TPSA) is 57.3 Å². The average Bonchev–Trinajstić information content (AvgIpc) is 2.64. The monoisotopic (exact) mass is 330 g/mol. The number of hydrogen-bond donors (Lipinski definition) is 2. The molecule has 2 saturated heterocycles. The molecule has 24 heavy (non-hydrogen) atoms. The molecule has 0 saturated carbocycles. The van der Waals surface area contributed by atoms with Crippen LogP contribution in [0.2, 0.25) is 0 Å². The molecule has 1 aromatic heterocycles. The molecule has 3 rings (SSSR count). The van der Waals surface area contributed by atoms with Crippen molar-refractivity contribution in [1.29, 1.82) is 0 Å². The molecule has 0 bridgehead atoms. The number of aromatic nitrogens is 1. The molecule has 0 spiro atoms. The van der Waals surface area contributed by atoms with Crippen molar-refractivity contribution in [1.82, 2.24) is 10.3 Å². The standard InChI is InChI=1S/C19H30N4O/c1-15(16-7-9-20-10-8-16)13-19(24)22-18-6-5-17(14-21-18)23-11-3-2-4-12-23/h5-6,14-16,20H,2-4,7-13H2,1H3,(H,21,22,24). The highest BCUT2D eigenvalue weighted by Crippen LogP contribution is 2.25. The van der Waals surface area contributed by atoms with E-state index in [-0.39, 0.29) is 5.91 Å². The number of nitrogens with zero attached hydrogens (tertiary/aromatic N) is 2. The number of rotatable bonds is 5. The van der Waals surface area contributed by atoms with Crippen LogP contribution < -0.4 is 15.5 Å². The maximum Gasteiger partial charge on any atom is 0.225 e. The largest absolute Gasteiger partial charge is 0.370 e. The highest BCUT2D eigenvalue weighted by Gasteiger charge is 2.22. The predicted octanol–water partition coefficient (Wildman–Crippen LogP) is 3.04. The van der Waals surface area contributed by atoms with Crippen molar-refractivity contribution in [2.75, 3.05) is 36.4 Å². The van der Waals surface area contributed by atoms with E-state index in [1.807, 2.05) is 12.3 Å². The molecule has 2 aliphatic heterocycles. The van der Waals surface area contributed by atoms with Crippen LogP contribution in [-0.2, 0) is 4.79 Å². The summed E-state index contributed by atoms with van der Waals surface area (Å²) >= 11 is 0. The number of anilines is 2. The second kappa shape index (κ2) is 8.47. The van der Waals surface area contributed by atoms with Crippen LogP contribution in [0.25, 0.3) is 0 Å². The molecular weight excluding hydrogens is 300 g/mol. The van der Waals surface area contributed by atoms with Gasteiger partial charge in [-0.3, -0.25) is 4.79 Å². The summed E-state index contributed by atoms with van der Waals surface area (Å²) in [5, 5.41) is 6.34. The van der Waals surface area contributed by atoms with Crippen molar-refractivity contribution < 1.29 is 4.79 Å². The maximum atomic E-state index is 12.3. The summed E-state index contributed by atoms with van der Waals surface area (Å²) in [6, 6.07) is 4.00. The molecule has 2 fully saturated rings. The average molecular weight is 330 g/mol. The van der Waals surface area contributed by atoms with Crippen molar-refractivity contribution >= 4 is 17.4 Å². The van der Waals surface area contributed by atoms with Gasteiger partial charge in [-0.2, -0.15) is 0 Å². The number of nitrogens with one attached hydrogen (secondary N) is 2. The number of hydrogen-bond acceptors (Lipinski definition) is 4. The normalized spacial score (nSPS) is 20.6. The fourth-order valence-electron chi connectivity index (χ4n) is 3.87. The van der Waals surface area contributed by atoms with E-state index in [2.05, 4.69) is 33.5 Å². The molecule has 2 N–H and O–H groups in total. The Kier molecular flexibility index (Phi) is 6.07. The first kappa shape index (κ1) is 17.2. The lowest BCUT2D eigenvalue weighted by molar-refractivity contribution is -0.117. The predicted molar refractivity (Wildman–Crippen MR) is 98.3 cm³/mol. The first-order chi connectivity index (χ1) is 11.7. The van der Waals surface area contributed by atoms with Gasteiger partial charge in [0.25, 0.3) is 0 Å². The number of piperidine rings is 2. The molecule has 1 unspecified atom stereocenters. The molecule has 0 aliphatic carbocycles. The lowest BCUT2D eigenvalue weighted by Gasteiger charge is -2.28. The van der Waals surface area contributed by atoms with Crippen molar-refractivity contribution in [3.05, 3.63) is 18.3 Å². The lowest BCUT2D eigenvalue weighted by Crippen LogP contribution is -2.32. The van der Waals surface area contributed by atoms with Crippen LogP contribution in [0.1, 0.15) is 45.4 Å². The zero-order chi connectivity index (χ0) is 16.8. The second-order valence-electron chi connectivity index (χ2n) is 7.27. The van der Waals surface area contributed by atoms with Gasteiger partial charge in [-0.25, -0.2) is 4.98 Å². The Bertz CT molecular complexity index is 519. The van der Waals surface area contributed by atoms with E-state index in [9.17, 15) is 4.79 Å². The fraction of sp³-hybridized carbons (Fsp3) is 0.684. The maximum absolute atomic E-state index is 12.3.